The standard InChI is InChI=1S/C13H25N5/c1-4-17(12-5-6-14-7-12)9-13-15-10-16-18(13)8-11(2)3/h10-12,14H,4-9H2,1-3H3. The van der Waals surface area contributed by atoms with Gasteiger partial charge in [-0.05, 0) is 25.4 Å². The van der Waals surface area contributed by atoms with Crippen LogP contribution in [0.2, 0.25) is 0 Å². The van der Waals surface area contributed by atoms with Gasteiger partial charge in [0.05, 0.1) is 6.54 Å². The molecule has 102 valence electrons. The Morgan fingerprint density at radius 3 is 3.00 bits per heavy atom. The van der Waals surface area contributed by atoms with Crippen LogP contribution in [0.3, 0.4) is 0 Å². The van der Waals surface area contributed by atoms with Gasteiger partial charge in [-0.25, -0.2) is 9.67 Å². The number of hydrogen-bond acceptors (Lipinski definition) is 4. The molecule has 18 heavy (non-hydrogen) atoms. The van der Waals surface area contributed by atoms with Gasteiger partial charge in [0.25, 0.3) is 0 Å². The highest BCUT2D eigenvalue weighted by Gasteiger charge is 2.22. The lowest BCUT2D eigenvalue weighted by molar-refractivity contribution is 0.200. The van der Waals surface area contributed by atoms with Gasteiger partial charge in [0.15, 0.2) is 0 Å². The van der Waals surface area contributed by atoms with Gasteiger partial charge in [-0.2, -0.15) is 5.10 Å². The maximum absolute atomic E-state index is 4.42. The number of hydrogen-bond donors (Lipinski definition) is 1. The monoisotopic (exact) mass is 251 g/mol. The summed E-state index contributed by atoms with van der Waals surface area (Å²) in [4.78, 5) is 6.92. The number of nitrogens with one attached hydrogen (secondary N) is 1. The van der Waals surface area contributed by atoms with Crippen LogP contribution in [-0.4, -0.2) is 45.3 Å². The lowest BCUT2D eigenvalue weighted by atomic mass is 10.2. The smallest absolute Gasteiger partial charge is 0.141 e. The molecule has 0 radical (unpaired) electrons. The van der Waals surface area contributed by atoms with Crippen LogP contribution in [-0.2, 0) is 13.1 Å². The molecule has 2 heterocycles. The van der Waals surface area contributed by atoms with E-state index in [9.17, 15) is 0 Å². The van der Waals surface area contributed by atoms with Crippen LogP contribution >= 0.6 is 0 Å². The fraction of sp³-hybridized carbons (Fsp3) is 0.846. The Morgan fingerprint density at radius 2 is 2.39 bits per heavy atom. The van der Waals surface area contributed by atoms with E-state index < -0.39 is 0 Å². The van der Waals surface area contributed by atoms with E-state index in [0.29, 0.717) is 12.0 Å². The SMILES string of the molecule is CCN(Cc1ncnn1CC(C)C)C1CCNC1. The molecule has 2 rings (SSSR count). The molecule has 1 saturated heterocycles. The summed E-state index contributed by atoms with van der Waals surface area (Å²) in [6.45, 7) is 11.8. The molecule has 1 atom stereocenters. The first kappa shape index (κ1) is 13.5. The van der Waals surface area contributed by atoms with Gasteiger partial charge < -0.3 is 5.32 Å². The van der Waals surface area contributed by atoms with Crippen molar-refractivity contribution in [1.82, 2.24) is 25.0 Å². The minimum absolute atomic E-state index is 0.605. The Bertz CT molecular complexity index is 354. The molecule has 1 unspecified atom stereocenters. The summed E-state index contributed by atoms with van der Waals surface area (Å²) < 4.78 is 2.05. The summed E-state index contributed by atoms with van der Waals surface area (Å²) in [6.07, 6.45) is 2.92. The molecule has 0 spiro atoms. The lowest BCUT2D eigenvalue weighted by Crippen LogP contribution is -2.37. The average molecular weight is 251 g/mol. The van der Waals surface area contributed by atoms with E-state index in [0.717, 1.165) is 38.5 Å². The Balaban J connectivity index is 2.00. The molecule has 1 aromatic rings. The highest BCUT2D eigenvalue weighted by molar-refractivity contribution is 4.89. The summed E-state index contributed by atoms with van der Waals surface area (Å²) in [6, 6.07) is 0.652. The summed E-state index contributed by atoms with van der Waals surface area (Å²) in [5, 5.41) is 7.76. The molecule has 1 aliphatic heterocycles. The molecule has 0 aliphatic carbocycles. The van der Waals surface area contributed by atoms with E-state index in [4.69, 9.17) is 0 Å². The zero-order valence-corrected chi connectivity index (χ0v) is 11.8. The van der Waals surface area contributed by atoms with Crippen LogP contribution in [0.4, 0.5) is 0 Å². The Kier molecular flexibility index (Phi) is 4.72. The predicted octanol–water partition coefficient (Wildman–Crippen LogP) is 1.12. The largest absolute Gasteiger partial charge is 0.315 e. The van der Waals surface area contributed by atoms with Gasteiger partial charge >= 0.3 is 0 Å². The van der Waals surface area contributed by atoms with Gasteiger partial charge in [0.1, 0.15) is 12.2 Å². The molecule has 0 bridgehead atoms. The molecule has 0 saturated carbocycles. The summed E-state index contributed by atoms with van der Waals surface area (Å²) in [5.41, 5.74) is 0. The van der Waals surface area contributed by atoms with Gasteiger partial charge in [-0.3, -0.25) is 4.90 Å². The molecule has 1 aromatic heterocycles. The fourth-order valence-corrected chi connectivity index (χ4v) is 2.54. The van der Waals surface area contributed by atoms with Crippen molar-refractivity contribution in [2.24, 2.45) is 5.92 Å². The molecule has 1 N–H and O–H groups in total. The van der Waals surface area contributed by atoms with Crippen molar-refractivity contribution in [1.29, 1.82) is 0 Å². The summed E-state index contributed by atoms with van der Waals surface area (Å²) in [5.74, 6) is 1.70. The van der Waals surface area contributed by atoms with Crippen LogP contribution in [0.25, 0.3) is 0 Å². The third kappa shape index (κ3) is 3.29. The van der Waals surface area contributed by atoms with E-state index in [-0.39, 0.29) is 0 Å². The van der Waals surface area contributed by atoms with E-state index in [2.05, 4.69) is 45.8 Å². The van der Waals surface area contributed by atoms with Crippen molar-refractivity contribution in [2.45, 2.75) is 46.3 Å². The van der Waals surface area contributed by atoms with Crippen molar-refractivity contribution in [3.05, 3.63) is 12.2 Å². The number of aromatic nitrogens is 3. The first-order valence-electron chi connectivity index (χ1n) is 7.02. The van der Waals surface area contributed by atoms with Crippen LogP contribution in [0.15, 0.2) is 6.33 Å². The first-order valence-corrected chi connectivity index (χ1v) is 7.02. The number of likely N-dealkylation sites (N-methyl/N-ethyl adjacent to an activating group) is 1. The van der Waals surface area contributed by atoms with E-state index in [1.54, 1.807) is 6.33 Å². The molecule has 0 amide bonds. The summed E-state index contributed by atoms with van der Waals surface area (Å²) in [7, 11) is 0. The predicted molar refractivity (Wildman–Crippen MR) is 72.2 cm³/mol. The van der Waals surface area contributed by atoms with Crippen LogP contribution < -0.4 is 5.32 Å². The first-order chi connectivity index (χ1) is 8.70. The van der Waals surface area contributed by atoms with Crippen molar-refractivity contribution in [2.75, 3.05) is 19.6 Å². The van der Waals surface area contributed by atoms with Gasteiger partial charge in [-0.15, -0.1) is 0 Å². The fourth-order valence-electron chi connectivity index (χ4n) is 2.54. The van der Waals surface area contributed by atoms with Gasteiger partial charge in [0, 0.05) is 19.1 Å². The lowest BCUT2D eigenvalue weighted by Gasteiger charge is -2.26. The maximum Gasteiger partial charge on any atom is 0.141 e. The summed E-state index contributed by atoms with van der Waals surface area (Å²) >= 11 is 0. The molecule has 1 fully saturated rings. The van der Waals surface area contributed by atoms with Crippen LogP contribution in [0, 0.1) is 5.92 Å². The Hall–Kier alpha value is -0.940. The van der Waals surface area contributed by atoms with E-state index >= 15 is 0 Å². The molecular weight excluding hydrogens is 226 g/mol. The second kappa shape index (κ2) is 6.29. The molecule has 5 heteroatoms. The zero-order chi connectivity index (χ0) is 13.0. The third-order valence-electron chi connectivity index (χ3n) is 3.54. The normalized spacial score (nSPS) is 20.2. The topological polar surface area (TPSA) is 46.0 Å². The van der Waals surface area contributed by atoms with E-state index in [1.165, 1.54) is 6.42 Å². The Morgan fingerprint density at radius 1 is 1.56 bits per heavy atom. The highest BCUT2D eigenvalue weighted by atomic mass is 15.4. The van der Waals surface area contributed by atoms with Crippen molar-refractivity contribution < 1.29 is 0 Å². The second-order valence-electron chi connectivity index (χ2n) is 5.46. The third-order valence-corrected chi connectivity index (χ3v) is 3.54. The van der Waals surface area contributed by atoms with Gasteiger partial charge in [-0.1, -0.05) is 20.8 Å². The van der Waals surface area contributed by atoms with E-state index in [1.807, 2.05) is 0 Å². The van der Waals surface area contributed by atoms with Gasteiger partial charge in [0.2, 0.25) is 0 Å². The zero-order valence-electron chi connectivity index (χ0n) is 11.8. The van der Waals surface area contributed by atoms with Crippen LogP contribution in [0.5, 0.6) is 0 Å². The molecule has 5 nitrogen and oxygen atoms in total. The minimum Gasteiger partial charge on any atom is -0.315 e. The highest BCUT2D eigenvalue weighted by Crippen LogP contribution is 2.12. The van der Waals surface area contributed by atoms with Crippen LogP contribution in [0.1, 0.15) is 33.0 Å². The van der Waals surface area contributed by atoms with Crippen molar-refractivity contribution >= 4 is 0 Å². The number of nitrogens with zero attached hydrogens (tertiary/aromatic N) is 4. The maximum atomic E-state index is 4.42. The van der Waals surface area contributed by atoms with Crippen molar-refractivity contribution in [3.63, 3.8) is 0 Å². The molecule has 0 aromatic carbocycles. The molecule has 1 aliphatic rings. The van der Waals surface area contributed by atoms with Crippen molar-refractivity contribution in [3.8, 4) is 0 Å². The second-order valence-corrected chi connectivity index (χ2v) is 5.46. The molecular formula is C13H25N5. The quantitative estimate of drug-likeness (QED) is 0.823. The number of rotatable bonds is 6. The Labute approximate surface area is 110 Å². The average Bonchev–Trinajstić information content (AvgIpc) is 2.96. The minimum atomic E-state index is 0.605.